The zero-order valence-electron chi connectivity index (χ0n) is 24.6. The van der Waals surface area contributed by atoms with Gasteiger partial charge in [-0.2, -0.15) is 5.10 Å². The van der Waals surface area contributed by atoms with Gasteiger partial charge in [-0.25, -0.2) is 19.2 Å². The molecule has 5 aromatic rings. The number of nitrogens with one attached hydrogen (secondary N) is 1. The minimum absolute atomic E-state index is 0.291. The zero-order chi connectivity index (χ0) is 30.8. The van der Waals surface area contributed by atoms with Gasteiger partial charge in [-0.15, -0.1) is 11.3 Å². The Morgan fingerprint density at radius 1 is 1.00 bits per heavy atom. The van der Waals surface area contributed by atoms with E-state index in [9.17, 15) is 14.0 Å². The molecule has 0 bridgehead atoms. The molecule has 1 N–H and O–H groups in total. The monoisotopic (exact) mass is 613 g/mol. The van der Waals surface area contributed by atoms with Gasteiger partial charge in [-0.1, -0.05) is 24.3 Å². The van der Waals surface area contributed by atoms with Crippen LogP contribution in [0, 0.1) is 5.82 Å². The van der Waals surface area contributed by atoms with E-state index >= 15 is 0 Å². The number of pyridine rings is 1. The predicted octanol–water partition coefficient (Wildman–Crippen LogP) is 5.98. The Hall–Kier alpha value is -4.84. The maximum atomic E-state index is 14.2. The summed E-state index contributed by atoms with van der Waals surface area (Å²) >= 11 is 1.30. The Balaban J connectivity index is 1.19. The van der Waals surface area contributed by atoms with Gasteiger partial charge >= 0.3 is 6.09 Å². The summed E-state index contributed by atoms with van der Waals surface area (Å²) in [5.74, 6) is 0.0341. The highest BCUT2D eigenvalue weighted by atomic mass is 32.1. The van der Waals surface area contributed by atoms with Crippen LogP contribution >= 0.6 is 11.3 Å². The second kappa shape index (κ2) is 12.0. The molecule has 0 unspecified atom stereocenters. The first-order valence-corrected chi connectivity index (χ1v) is 15.1. The number of carbonyl (C=O) groups excluding carboxylic acids is 2. The van der Waals surface area contributed by atoms with Crippen LogP contribution < -0.4 is 10.2 Å². The minimum atomic E-state index is -0.901. The van der Waals surface area contributed by atoms with Gasteiger partial charge in [-0.05, 0) is 62.2 Å². The van der Waals surface area contributed by atoms with E-state index in [1.807, 2.05) is 57.3 Å². The molecule has 12 heteroatoms. The second-order valence-corrected chi connectivity index (χ2v) is 12.4. The molecule has 0 spiro atoms. The summed E-state index contributed by atoms with van der Waals surface area (Å²) < 4.78 is 21.2. The van der Waals surface area contributed by atoms with Crippen LogP contribution in [0.1, 0.15) is 32.4 Å². The molecule has 0 saturated carbocycles. The van der Waals surface area contributed by atoms with Gasteiger partial charge in [0.05, 0.1) is 5.52 Å². The van der Waals surface area contributed by atoms with E-state index < -0.39 is 17.5 Å². The number of fused-ring (bicyclic) bond motifs is 1. The number of rotatable bonds is 6. The number of hydrogen-bond acceptors (Lipinski definition) is 8. The molecule has 10 nitrogen and oxygen atoms in total. The molecule has 2 amide bonds. The fourth-order valence-corrected chi connectivity index (χ4v) is 5.63. The maximum Gasteiger partial charge on any atom is 0.410 e. The summed E-state index contributed by atoms with van der Waals surface area (Å²) in [5.41, 5.74) is 2.48. The van der Waals surface area contributed by atoms with E-state index in [-0.39, 0.29) is 12.0 Å². The number of aromatic nitrogens is 4. The first kappa shape index (κ1) is 29.2. The van der Waals surface area contributed by atoms with E-state index in [0.29, 0.717) is 42.4 Å². The Labute approximate surface area is 258 Å². The predicted molar refractivity (Wildman–Crippen MR) is 168 cm³/mol. The number of anilines is 2. The van der Waals surface area contributed by atoms with Gasteiger partial charge in [0.2, 0.25) is 0 Å². The van der Waals surface area contributed by atoms with E-state index in [1.54, 1.807) is 39.5 Å². The molecule has 1 aliphatic rings. The van der Waals surface area contributed by atoms with E-state index in [2.05, 4.69) is 15.2 Å². The molecule has 0 radical (unpaired) electrons. The third kappa shape index (κ3) is 6.55. The van der Waals surface area contributed by atoms with Crippen LogP contribution in [-0.4, -0.2) is 68.4 Å². The van der Waals surface area contributed by atoms with Crippen molar-refractivity contribution < 1.29 is 18.7 Å². The number of hydrogen-bond donors (Lipinski definition) is 1. The Morgan fingerprint density at radius 3 is 2.48 bits per heavy atom. The zero-order valence-corrected chi connectivity index (χ0v) is 25.4. The van der Waals surface area contributed by atoms with Crippen molar-refractivity contribution in [3.63, 3.8) is 0 Å². The van der Waals surface area contributed by atoms with Gasteiger partial charge in [0.25, 0.3) is 5.91 Å². The lowest BCUT2D eigenvalue weighted by molar-refractivity contribution is -0.118. The Kier molecular flexibility index (Phi) is 8.00. The second-order valence-electron chi connectivity index (χ2n) is 11.5. The van der Waals surface area contributed by atoms with E-state index in [1.165, 1.54) is 23.5 Å². The lowest BCUT2D eigenvalue weighted by atomic mass is 10.1. The molecule has 3 aromatic heterocycles. The standard InChI is InChI=1S/C32H32FN7O3S/c1-32(2,3)43-31(42)39-14-12-38(13-15-39)27-10-9-23(19-35-27)21-7-8-24-20-40(37-26(24)18-21)28(22-5-4-6-25(33)17-22)29(41)36-30-34-11-16-44-30/h4-11,16-20,28H,12-15H2,1-3H3,(H,34,36,41)/t28-/m1/s1. The van der Waals surface area contributed by atoms with Crippen molar-refractivity contribution >= 4 is 45.2 Å². The number of amides is 2. The molecule has 4 heterocycles. The highest BCUT2D eigenvalue weighted by molar-refractivity contribution is 7.13. The summed E-state index contributed by atoms with van der Waals surface area (Å²) in [7, 11) is 0. The van der Waals surface area contributed by atoms with Gasteiger partial charge in [-0.3, -0.25) is 14.8 Å². The van der Waals surface area contributed by atoms with Gasteiger partial charge in [0.15, 0.2) is 11.2 Å². The largest absolute Gasteiger partial charge is 0.444 e. The maximum absolute atomic E-state index is 14.2. The highest BCUT2D eigenvalue weighted by Gasteiger charge is 2.27. The quantitative estimate of drug-likeness (QED) is 0.251. The molecule has 226 valence electrons. The average molecular weight is 614 g/mol. The van der Waals surface area contributed by atoms with Gasteiger partial charge in [0.1, 0.15) is 17.2 Å². The molecular formula is C32H32FN7O3S. The molecule has 6 rings (SSSR count). The number of piperazine rings is 1. The van der Waals surface area contributed by atoms with Crippen LogP contribution in [0.2, 0.25) is 0 Å². The van der Waals surface area contributed by atoms with Crippen LogP contribution in [0.5, 0.6) is 0 Å². The molecule has 44 heavy (non-hydrogen) atoms. The molecule has 1 saturated heterocycles. The van der Waals surface area contributed by atoms with Crippen LogP contribution in [0.25, 0.3) is 22.0 Å². The lowest BCUT2D eigenvalue weighted by Crippen LogP contribution is -2.50. The Bertz CT molecular complexity index is 1780. The first-order valence-electron chi connectivity index (χ1n) is 14.3. The van der Waals surface area contributed by atoms with Gasteiger partial charge in [0, 0.05) is 61.1 Å². The third-order valence-electron chi connectivity index (χ3n) is 7.20. The van der Waals surface area contributed by atoms with Crippen molar-refractivity contribution in [2.24, 2.45) is 0 Å². The first-order chi connectivity index (χ1) is 21.1. The van der Waals surface area contributed by atoms with Crippen LogP contribution in [0.15, 0.2) is 78.6 Å². The van der Waals surface area contributed by atoms with E-state index in [4.69, 9.17) is 14.8 Å². The van der Waals surface area contributed by atoms with Crippen molar-refractivity contribution in [1.82, 2.24) is 24.6 Å². The number of halogens is 1. The van der Waals surface area contributed by atoms with Crippen LogP contribution in [0.3, 0.4) is 0 Å². The number of carbonyl (C=O) groups is 2. The summed E-state index contributed by atoms with van der Waals surface area (Å²) in [4.78, 5) is 38.5. The summed E-state index contributed by atoms with van der Waals surface area (Å²) in [6.45, 7) is 8.05. The lowest BCUT2D eigenvalue weighted by Gasteiger charge is -2.36. The van der Waals surface area contributed by atoms with Crippen LogP contribution in [0.4, 0.5) is 20.1 Å². The van der Waals surface area contributed by atoms with Crippen molar-refractivity contribution in [2.45, 2.75) is 32.4 Å². The number of thiazole rings is 1. The topological polar surface area (TPSA) is 105 Å². The SMILES string of the molecule is CC(C)(C)OC(=O)N1CCN(c2ccc(-c3ccc4cn([C@@H](C(=O)Nc5nccs5)c5cccc(F)c5)nc4c3)cn2)CC1. The Morgan fingerprint density at radius 2 is 1.80 bits per heavy atom. The molecule has 1 atom stereocenters. The number of benzene rings is 2. The minimum Gasteiger partial charge on any atom is -0.444 e. The number of nitrogens with zero attached hydrogens (tertiary/aromatic N) is 6. The van der Waals surface area contributed by atoms with Crippen molar-refractivity contribution in [3.8, 4) is 11.1 Å². The molecular weight excluding hydrogens is 581 g/mol. The van der Waals surface area contributed by atoms with Crippen molar-refractivity contribution in [2.75, 3.05) is 36.4 Å². The fourth-order valence-electron chi connectivity index (χ4n) is 5.10. The summed E-state index contributed by atoms with van der Waals surface area (Å²) in [6.07, 6.45) is 4.93. The van der Waals surface area contributed by atoms with Crippen molar-refractivity contribution in [1.29, 1.82) is 0 Å². The number of ether oxygens (including phenoxy) is 1. The summed E-state index contributed by atoms with van der Waals surface area (Å²) in [5, 5.41) is 10.6. The molecule has 0 aliphatic carbocycles. The summed E-state index contributed by atoms with van der Waals surface area (Å²) in [6, 6.07) is 14.9. The average Bonchev–Trinajstić information content (AvgIpc) is 3.66. The van der Waals surface area contributed by atoms with Gasteiger partial charge < -0.3 is 14.5 Å². The normalized spacial score (nSPS) is 14.5. The fraction of sp³-hybridized carbons (Fsp3) is 0.281. The third-order valence-corrected chi connectivity index (χ3v) is 7.89. The molecule has 2 aromatic carbocycles. The van der Waals surface area contributed by atoms with E-state index in [0.717, 1.165) is 22.3 Å². The van der Waals surface area contributed by atoms with Crippen molar-refractivity contribution in [3.05, 3.63) is 89.9 Å². The van der Waals surface area contributed by atoms with Crippen LogP contribution in [-0.2, 0) is 9.53 Å². The highest BCUT2D eigenvalue weighted by Crippen LogP contribution is 2.28. The smallest absolute Gasteiger partial charge is 0.410 e. The molecule has 1 aliphatic heterocycles. The molecule has 1 fully saturated rings.